The second kappa shape index (κ2) is 11.9. The van der Waals surface area contributed by atoms with E-state index in [9.17, 15) is 0 Å². The van der Waals surface area contributed by atoms with Gasteiger partial charge in [-0.2, -0.15) is 0 Å². The summed E-state index contributed by atoms with van der Waals surface area (Å²) in [6, 6.07) is 9.10. The number of aliphatic imine (C=N–C) groups is 1. The van der Waals surface area contributed by atoms with Gasteiger partial charge in [0.2, 0.25) is 0 Å². The molecule has 1 atom stereocenters. The van der Waals surface area contributed by atoms with Gasteiger partial charge in [0.25, 0.3) is 0 Å². The summed E-state index contributed by atoms with van der Waals surface area (Å²) in [6.07, 6.45) is 9.24. The zero-order valence-electron chi connectivity index (χ0n) is 17.0. The fourth-order valence-electron chi connectivity index (χ4n) is 3.44. The van der Waals surface area contributed by atoms with Gasteiger partial charge in [0.15, 0.2) is 5.96 Å². The number of aromatic nitrogens is 2. The van der Waals surface area contributed by atoms with Crippen LogP contribution in [0.5, 0.6) is 0 Å². The maximum absolute atomic E-state index is 4.73. The van der Waals surface area contributed by atoms with Gasteiger partial charge < -0.3 is 20.1 Å². The molecule has 0 spiro atoms. The van der Waals surface area contributed by atoms with Crippen LogP contribution in [0.15, 0.2) is 48.0 Å². The molecule has 6 nitrogen and oxygen atoms in total. The molecule has 1 aliphatic heterocycles. The number of nitrogens with zero attached hydrogens (tertiary/aromatic N) is 4. The van der Waals surface area contributed by atoms with Gasteiger partial charge in [-0.15, -0.1) is 24.0 Å². The number of aryl methyl sites for hydroxylation is 1. The summed E-state index contributed by atoms with van der Waals surface area (Å²) in [5.74, 6) is 0.877. The normalized spacial score (nSPS) is 15.2. The Morgan fingerprint density at radius 2 is 2.11 bits per heavy atom. The number of nitrogens with one attached hydrogen (secondary N) is 2. The number of halogens is 1. The van der Waals surface area contributed by atoms with Gasteiger partial charge in [0, 0.05) is 50.8 Å². The summed E-state index contributed by atoms with van der Waals surface area (Å²) in [7, 11) is 0. The van der Waals surface area contributed by atoms with Crippen molar-refractivity contribution in [2.45, 2.75) is 45.7 Å². The smallest absolute Gasteiger partial charge is 0.191 e. The predicted octanol–water partition coefficient (Wildman–Crippen LogP) is 3.81. The van der Waals surface area contributed by atoms with E-state index in [1.54, 1.807) is 0 Å². The summed E-state index contributed by atoms with van der Waals surface area (Å²) in [4.78, 5) is 11.3. The van der Waals surface area contributed by atoms with Crippen molar-refractivity contribution in [3.8, 4) is 0 Å². The first-order chi connectivity index (χ1) is 13.3. The maximum Gasteiger partial charge on any atom is 0.191 e. The number of hydrogen-bond donors (Lipinski definition) is 2. The summed E-state index contributed by atoms with van der Waals surface area (Å²) in [6.45, 7) is 9.22. The number of guanidine groups is 1. The number of benzene rings is 1. The summed E-state index contributed by atoms with van der Waals surface area (Å²) in [5.41, 5.74) is 2.63. The van der Waals surface area contributed by atoms with Crippen molar-refractivity contribution in [1.82, 2.24) is 20.2 Å². The average molecular weight is 496 g/mol. The Kier molecular flexibility index (Phi) is 9.60. The fourth-order valence-corrected chi connectivity index (χ4v) is 3.44. The van der Waals surface area contributed by atoms with Crippen LogP contribution >= 0.6 is 24.0 Å². The molecule has 2 heterocycles. The van der Waals surface area contributed by atoms with Crippen molar-refractivity contribution in [3.63, 3.8) is 0 Å². The molecule has 3 rings (SSSR count). The molecule has 7 heteroatoms. The van der Waals surface area contributed by atoms with Gasteiger partial charge in [-0.1, -0.05) is 12.1 Å². The lowest BCUT2D eigenvalue weighted by atomic mass is 10.1. The van der Waals surface area contributed by atoms with E-state index < -0.39 is 0 Å². The Labute approximate surface area is 185 Å². The van der Waals surface area contributed by atoms with Crippen LogP contribution < -0.4 is 15.5 Å². The quantitative estimate of drug-likeness (QED) is 0.253. The second-order valence-corrected chi connectivity index (χ2v) is 7.07. The van der Waals surface area contributed by atoms with Gasteiger partial charge in [0.05, 0.1) is 12.4 Å². The predicted molar refractivity (Wildman–Crippen MR) is 128 cm³/mol. The molecule has 0 saturated carbocycles. The molecular formula is C21H33IN6. The summed E-state index contributed by atoms with van der Waals surface area (Å²) < 4.78 is 2.09. The Morgan fingerprint density at radius 3 is 2.82 bits per heavy atom. The third-order valence-corrected chi connectivity index (χ3v) is 4.94. The van der Waals surface area contributed by atoms with Crippen molar-refractivity contribution in [2.75, 3.05) is 31.1 Å². The molecule has 1 saturated heterocycles. The Bertz CT molecular complexity index is 709. The first kappa shape index (κ1) is 22.5. The highest BCUT2D eigenvalue weighted by molar-refractivity contribution is 14.0. The molecule has 1 aliphatic rings. The SMILES string of the molecule is CCNC(=NCCCn1ccnc1)NC(C)c1cccc(N2CCCC2)c1.I. The van der Waals surface area contributed by atoms with Gasteiger partial charge >= 0.3 is 0 Å². The van der Waals surface area contributed by atoms with Crippen LogP contribution in [0.25, 0.3) is 0 Å². The van der Waals surface area contributed by atoms with Crippen molar-refractivity contribution in [3.05, 3.63) is 48.5 Å². The van der Waals surface area contributed by atoms with Crippen molar-refractivity contribution < 1.29 is 0 Å². The number of anilines is 1. The fraction of sp³-hybridized carbons (Fsp3) is 0.524. The lowest BCUT2D eigenvalue weighted by molar-refractivity contribution is 0.640. The van der Waals surface area contributed by atoms with Crippen LogP contribution in [0, 0.1) is 0 Å². The number of rotatable bonds is 8. The van der Waals surface area contributed by atoms with Crippen LogP contribution in [-0.2, 0) is 6.54 Å². The minimum atomic E-state index is 0. The molecule has 154 valence electrons. The Hall–Kier alpha value is -1.77. The molecule has 1 fully saturated rings. The first-order valence-corrected chi connectivity index (χ1v) is 10.1. The van der Waals surface area contributed by atoms with Gasteiger partial charge in [-0.05, 0) is 50.8 Å². The van der Waals surface area contributed by atoms with Crippen LogP contribution in [0.1, 0.15) is 44.7 Å². The van der Waals surface area contributed by atoms with Crippen molar-refractivity contribution in [1.29, 1.82) is 0 Å². The number of imidazole rings is 1. The van der Waals surface area contributed by atoms with E-state index >= 15 is 0 Å². The van der Waals surface area contributed by atoms with E-state index in [2.05, 4.69) is 63.2 Å². The van der Waals surface area contributed by atoms with E-state index in [1.165, 1.54) is 37.2 Å². The molecule has 0 radical (unpaired) electrons. The zero-order valence-corrected chi connectivity index (χ0v) is 19.3. The number of hydrogen-bond acceptors (Lipinski definition) is 3. The molecule has 1 aromatic carbocycles. The van der Waals surface area contributed by atoms with E-state index in [4.69, 9.17) is 4.99 Å². The highest BCUT2D eigenvalue weighted by Gasteiger charge is 2.14. The molecule has 28 heavy (non-hydrogen) atoms. The first-order valence-electron chi connectivity index (χ1n) is 10.1. The van der Waals surface area contributed by atoms with Crippen LogP contribution in [0.4, 0.5) is 5.69 Å². The standard InChI is InChI=1S/C21H32N6.HI/c1-3-23-21(24-10-7-12-26-15-11-22-17-26)25-18(2)19-8-6-9-20(16-19)27-13-4-5-14-27;/h6,8-9,11,15-18H,3-5,7,10,12-14H2,1-2H3,(H2,23,24,25);1H. The molecule has 2 N–H and O–H groups in total. The molecule has 0 bridgehead atoms. The third-order valence-electron chi connectivity index (χ3n) is 4.94. The van der Waals surface area contributed by atoms with Gasteiger partial charge in [-0.25, -0.2) is 4.98 Å². The topological polar surface area (TPSA) is 57.5 Å². The maximum atomic E-state index is 4.73. The van der Waals surface area contributed by atoms with Crippen LogP contribution in [0.2, 0.25) is 0 Å². The van der Waals surface area contributed by atoms with Crippen molar-refractivity contribution >= 4 is 35.6 Å². The minimum absolute atomic E-state index is 0. The third kappa shape index (κ3) is 6.68. The van der Waals surface area contributed by atoms with E-state index in [0.29, 0.717) is 0 Å². The summed E-state index contributed by atoms with van der Waals surface area (Å²) in [5, 5.41) is 6.90. The molecular weight excluding hydrogens is 463 g/mol. The minimum Gasteiger partial charge on any atom is -0.372 e. The molecule has 1 aromatic heterocycles. The zero-order chi connectivity index (χ0) is 18.9. The van der Waals surface area contributed by atoms with Crippen LogP contribution in [0.3, 0.4) is 0 Å². The van der Waals surface area contributed by atoms with E-state index in [-0.39, 0.29) is 30.0 Å². The molecule has 1 unspecified atom stereocenters. The monoisotopic (exact) mass is 496 g/mol. The highest BCUT2D eigenvalue weighted by Crippen LogP contribution is 2.23. The molecule has 2 aromatic rings. The Balaban J connectivity index is 0.00000280. The largest absolute Gasteiger partial charge is 0.372 e. The average Bonchev–Trinajstić information content (AvgIpc) is 3.39. The Morgan fingerprint density at radius 1 is 1.29 bits per heavy atom. The lowest BCUT2D eigenvalue weighted by Crippen LogP contribution is -2.38. The molecule has 0 aliphatic carbocycles. The lowest BCUT2D eigenvalue weighted by Gasteiger charge is -2.22. The van der Waals surface area contributed by atoms with Crippen molar-refractivity contribution in [2.24, 2.45) is 4.99 Å². The second-order valence-electron chi connectivity index (χ2n) is 7.07. The molecule has 0 amide bonds. The summed E-state index contributed by atoms with van der Waals surface area (Å²) >= 11 is 0. The van der Waals surface area contributed by atoms with Gasteiger partial charge in [-0.3, -0.25) is 4.99 Å². The van der Waals surface area contributed by atoms with Crippen LogP contribution in [-0.4, -0.2) is 41.7 Å². The van der Waals surface area contributed by atoms with E-state index in [1.807, 2.05) is 18.7 Å². The van der Waals surface area contributed by atoms with E-state index in [0.717, 1.165) is 32.0 Å². The highest BCUT2D eigenvalue weighted by atomic mass is 127. The van der Waals surface area contributed by atoms with Gasteiger partial charge in [0.1, 0.15) is 0 Å².